The number of ether oxygens (including phenoxy) is 2. The van der Waals surface area contributed by atoms with Crippen molar-refractivity contribution in [3.05, 3.63) is 53.1 Å². The molecule has 168 valence electrons. The molecule has 0 saturated carbocycles. The highest BCUT2D eigenvalue weighted by Crippen LogP contribution is 2.28. The first-order chi connectivity index (χ1) is 14.8. The number of halogens is 1. The van der Waals surface area contributed by atoms with Gasteiger partial charge >= 0.3 is 0 Å². The van der Waals surface area contributed by atoms with Gasteiger partial charge in [0.1, 0.15) is 0 Å². The van der Waals surface area contributed by atoms with E-state index in [0.29, 0.717) is 49.1 Å². The molecule has 0 unspecified atom stereocenters. The molecule has 7 nitrogen and oxygen atoms in total. The quantitative estimate of drug-likeness (QED) is 0.644. The molecule has 0 spiro atoms. The van der Waals surface area contributed by atoms with Gasteiger partial charge in [0.25, 0.3) is 0 Å². The highest BCUT2D eigenvalue weighted by atomic mass is 35.5. The summed E-state index contributed by atoms with van der Waals surface area (Å²) in [5.74, 6) is 0.687. The van der Waals surface area contributed by atoms with Gasteiger partial charge < -0.3 is 14.8 Å². The van der Waals surface area contributed by atoms with E-state index in [0.717, 1.165) is 5.56 Å². The zero-order valence-corrected chi connectivity index (χ0v) is 19.2. The normalized spacial score (nSPS) is 17.2. The Kier molecular flexibility index (Phi) is 7.80. The number of methoxy groups -OCH3 is 1. The molecule has 0 aliphatic carbocycles. The fraction of sp³-hybridized carbons (Fsp3) is 0.409. The lowest BCUT2D eigenvalue weighted by Crippen LogP contribution is -2.45. The van der Waals surface area contributed by atoms with Crippen molar-refractivity contribution in [2.45, 2.75) is 31.2 Å². The highest BCUT2D eigenvalue weighted by molar-refractivity contribution is 7.89. The van der Waals surface area contributed by atoms with Crippen molar-refractivity contribution < 1.29 is 22.7 Å². The van der Waals surface area contributed by atoms with Gasteiger partial charge in [-0.1, -0.05) is 17.7 Å². The number of nitrogens with zero attached hydrogens (tertiary/aromatic N) is 1. The van der Waals surface area contributed by atoms with Gasteiger partial charge in [-0.25, -0.2) is 8.42 Å². The molecule has 2 aromatic carbocycles. The van der Waals surface area contributed by atoms with E-state index in [1.165, 1.54) is 16.4 Å². The summed E-state index contributed by atoms with van der Waals surface area (Å²) in [6.07, 6.45) is 1.27. The first-order valence-electron chi connectivity index (χ1n) is 10.2. The van der Waals surface area contributed by atoms with Gasteiger partial charge in [-0.3, -0.25) is 4.79 Å². The maximum Gasteiger partial charge on any atom is 0.243 e. The number of nitrogens with one attached hydrogen (secondary N) is 1. The molecule has 9 heteroatoms. The van der Waals surface area contributed by atoms with Crippen LogP contribution in [-0.2, 0) is 21.4 Å². The largest absolute Gasteiger partial charge is 0.493 e. The second kappa shape index (κ2) is 10.3. The predicted octanol–water partition coefficient (Wildman–Crippen LogP) is 3.46. The van der Waals surface area contributed by atoms with Gasteiger partial charge in [-0.2, -0.15) is 4.31 Å². The highest BCUT2D eigenvalue weighted by Gasteiger charge is 2.33. The lowest BCUT2D eigenvalue weighted by molar-refractivity contribution is -0.126. The van der Waals surface area contributed by atoms with Crippen LogP contribution in [0.15, 0.2) is 47.4 Å². The van der Waals surface area contributed by atoms with Gasteiger partial charge in [0.15, 0.2) is 11.5 Å². The van der Waals surface area contributed by atoms with Crippen LogP contribution in [0.1, 0.15) is 25.3 Å². The number of carbonyl (C=O) groups is 1. The van der Waals surface area contributed by atoms with Gasteiger partial charge in [0, 0.05) is 24.7 Å². The van der Waals surface area contributed by atoms with Crippen LogP contribution in [-0.4, -0.2) is 45.4 Å². The molecule has 0 aromatic heterocycles. The van der Waals surface area contributed by atoms with Gasteiger partial charge in [0.05, 0.1) is 24.5 Å². The van der Waals surface area contributed by atoms with E-state index in [4.69, 9.17) is 21.1 Å². The SMILES string of the molecule is CCOc1cc(CNC(=O)[C@H]2CCCN(S(=O)(=O)c3ccc(Cl)cc3)C2)ccc1OC. The first kappa shape index (κ1) is 23.4. The summed E-state index contributed by atoms with van der Waals surface area (Å²) in [7, 11) is -2.09. The molecule has 1 aliphatic heterocycles. The fourth-order valence-electron chi connectivity index (χ4n) is 3.56. The summed E-state index contributed by atoms with van der Waals surface area (Å²) >= 11 is 5.87. The summed E-state index contributed by atoms with van der Waals surface area (Å²) < 4.78 is 38.1. The van der Waals surface area contributed by atoms with Crippen LogP contribution in [0.25, 0.3) is 0 Å². The minimum absolute atomic E-state index is 0.156. The van der Waals surface area contributed by atoms with Crippen molar-refractivity contribution >= 4 is 27.5 Å². The summed E-state index contributed by atoms with van der Waals surface area (Å²) in [6.45, 7) is 3.27. The van der Waals surface area contributed by atoms with Crippen molar-refractivity contribution in [1.82, 2.24) is 9.62 Å². The number of sulfonamides is 1. The molecule has 1 heterocycles. The smallest absolute Gasteiger partial charge is 0.243 e. The molecular weight excluding hydrogens is 440 g/mol. The van der Waals surface area contributed by atoms with Gasteiger partial charge in [-0.05, 0) is 61.7 Å². The van der Waals surface area contributed by atoms with Crippen molar-refractivity contribution in [2.24, 2.45) is 5.92 Å². The summed E-state index contributed by atoms with van der Waals surface area (Å²) in [4.78, 5) is 12.9. The predicted molar refractivity (Wildman–Crippen MR) is 119 cm³/mol. The average Bonchev–Trinajstić information content (AvgIpc) is 2.78. The minimum Gasteiger partial charge on any atom is -0.493 e. The molecule has 31 heavy (non-hydrogen) atoms. The van der Waals surface area contributed by atoms with Gasteiger partial charge in [0.2, 0.25) is 15.9 Å². The monoisotopic (exact) mass is 466 g/mol. The lowest BCUT2D eigenvalue weighted by Gasteiger charge is -2.31. The fourth-order valence-corrected chi connectivity index (χ4v) is 5.21. The van der Waals surface area contributed by atoms with Crippen LogP contribution >= 0.6 is 11.6 Å². The Hall–Kier alpha value is -2.29. The van der Waals surface area contributed by atoms with E-state index in [-0.39, 0.29) is 17.3 Å². The van der Waals surface area contributed by atoms with Crippen LogP contribution in [0.5, 0.6) is 11.5 Å². The van der Waals surface area contributed by atoms with E-state index in [1.807, 2.05) is 19.1 Å². The molecule has 1 N–H and O–H groups in total. The number of amides is 1. The molecule has 1 atom stereocenters. The standard InChI is InChI=1S/C22H27ClN2O5S/c1-3-30-21-13-16(6-11-20(21)29-2)14-24-22(26)17-5-4-12-25(15-17)31(27,28)19-9-7-18(23)8-10-19/h6-11,13,17H,3-5,12,14-15H2,1-2H3,(H,24,26)/t17-/m0/s1. The van der Waals surface area contributed by atoms with Crippen LogP contribution in [0.2, 0.25) is 5.02 Å². The summed E-state index contributed by atoms with van der Waals surface area (Å²) in [6, 6.07) is 11.6. The summed E-state index contributed by atoms with van der Waals surface area (Å²) in [5.41, 5.74) is 0.874. The van der Waals surface area contributed by atoms with Crippen molar-refractivity contribution in [1.29, 1.82) is 0 Å². The number of carbonyl (C=O) groups excluding carboxylic acids is 1. The molecule has 1 fully saturated rings. The Morgan fingerprint density at radius 1 is 1.19 bits per heavy atom. The molecule has 2 aromatic rings. The second-order valence-corrected chi connectivity index (χ2v) is 9.67. The number of piperidine rings is 1. The van der Waals surface area contributed by atoms with E-state index in [9.17, 15) is 13.2 Å². The average molecular weight is 467 g/mol. The van der Waals surface area contributed by atoms with E-state index in [2.05, 4.69) is 5.32 Å². The van der Waals surface area contributed by atoms with Crippen molar-refractivity contribution in [3.63, 3.8) is 0 Å². The zero-order chi connectivity index (χ0) is 22.4. The second-order valence-electron chi connectivity index (χ2n) is 7.29. The van der Waals surface area contributed by atoms with Crippen molar-refractivity contribution in [2.75, 3.05) is 26.8 Å². The topological polar surface area (TPSA) is 84.9 Å². The Balaban J connectivity index is 1.63. The minimum atomic E-state index is -3.67. The maximum absolute atomic E-state index is 12.9. The zero-order valence-electron chi connectivity index (χ0n) is 17.6. The molecule has 1 aliphatic rings. The Labute approximate surface area is 188 Å². The molecule has 0 bridgehead atoms. The van der Waals surface area contributed by atoms with Crippen LogP contribution in [0.3, 0.4) is 0 Å². The van der Waals surface area contributed by atoms with Crippen LogP contribution in [0, 0.1) is 5.92 Å². The van der Waals surface area contributed by atoms with E-state index in [1.54, 1.807) is 25.3 Å². The van der Waals surface area contributed by atoms with Crippen LogP contribution < -0.4 is 14.8 Å². The third kappa shape index (κ3) is 5.70. The third-order valence-corrected chi connectivity index (χ3v) is 7.33. The number of rotatable bonds is 8. The van der Waals surface area contributed by atoms with E-state index < -0.39 is 15.9 Å². The molecule has 1 amide bonds. The Bertz CT molecular complexity index is 1010. The van der Waals surface area contributed by atoms with E-state index >= 15 is 0 Å². The van der Waals surface area contributed by atoms with Gasteiger partial charge in [-0.15, -0.1) is 0 Å². The number of hydrogen-bond acceptors (Lipinski definition) is 5. The molecular formula is C22H27ClN2O5S. The van der Waals surface area contributed by atoms with Crippen molar-refractivity contribution in [3.8, 4) is 11.5 Å². The maximum atomic E-state index is 12.9. The molecule has 1 saturated heterocycles. The molecule has 3 rings (SSSR count). The first-order valence-corrected chi connectivity index (χ1v) is 12.0. The Morgan fingerprint density at radius 3 is 2.61 bits per heavy atom. The summed E-state index contributed by atoms with van der Waals surface area (Å²) in [5, 5.41) is 3.39. The lowest BCUT2D eigenvalue weighted by atomic mass is 9.98. The number of benzene rings is 2. The third-order valence-electron chi connectivity index (χ3n) is 5.20. The Morgan fingerprint density at radius 2 is 1.94 bits per heavy atom. The van der Waals surface area contributed by atoms with Crippen LogP contribution in [0.4, 0.5) is 0 Å². The number of hydrogen-bond donors (Lipinski definition) is 1. The molecule has 0 radical (unpaired) electrons.